The first kappa shape index (κ1) is 14.0. The van der Waals surface area contributed by atoms with E-state index in [4.69, 9.17) is 0 Å². The van der Waals surface area contributed by atoms with E-state index in [9.17, 15) is 14.4 Å². The van der Waals surface area contributed by atoms with Crippen LogP contribution in [0.3, 0.4) is 0 Å². The first-order chi connectivity index (χ1) is 7.15. The lowest BCUT2D eigenvalue weighted by Crippen LogP contribution is -2.16. The van der Waals surface area contributed by atoms with Gasteiger partial charge in [0.2, 0.25) is 0 Å². The van der Waals surface area contributed by atoms with E-state index in [1.807, 2.05) is 13.8 Å². The summed E-state index contributed by atoms with van der Waals surface area (Å²) in [6.07, 6.45) is 4.14. The van der Waals surface area contributed by atoms with Crippen molar-refractivity contribution >= 4 is 17.9 Å². The Balaban J connectivity index is 3.85. The summed E-state index contributed by atoms with van der Waals surface area (Å²) >= 11 is 0. The fraction of sp³-hybridized carbons (Fsp3) is 0.750. The van der Waals surface area contributed by atoms with Crippen molar-refractivity contribution in [1.82, 2.24) is 0 Å². The highest BCUT2D eigenvalue weighted by atomic mass is 16.1. The van der Waals surface area contributed by atoms with Gasteiger partial charge >= 0.3 is 0 Å². The number of ketones is 2. The largest absolute Gasteiger partial charge is 0.303 e. The van der Waals surface area contributed by atoms with Crippen molar-refractivity contribution < 1.29 is 14.4 Å². The monoisotopic (exact) mass is 212 g/mol. The molecule has 0 saturated carbocycles. The van der Waals surface area contributed by atoms with Crippen LogP contribution in [0.5, 0.6) is 0 Å². The average molecular weight is 212 g/mol. The minimum absolute atomic E-state index is 0.0106. The third-order valence-electron chi connectivity index (χ3n) is 2.44. The Kier molecular flexibility index (Phi) is 7.78. The maximum atomic E-state index is 11.4. The lowest BCUT2D eigenvalue weighted by molar-refractivity contribution is -0.128. The van der Waals surface area contributed by atoms with E-state index in [-0.39, 0.29) is 11.6 Å². The molecule has 0 aromatic heterocycles. The Morgan fingerprint density at radius 2 is 1.87 bits per heavy atom. The third kappa shape index (κ3) is 6.15. The van der Waals surface area contributed by atoms with Crippen molar-refractivity contribution in [1.29, 1.82) is 0 Å². The molecule has 0 bridgehead atoms. The van der Waals surface area contributed by atoms with Crippen molar-refractivity contribution in [3.05, 3.63) is 0 Å². The van der Waals surface area contributed by atoms with Crippen LogP contribution in [0, 0.1) is 5.92 Å². The van der Waals surface area contributed by atoms with E-state index < -0.39 is 5.92 Å². The van der Waals surface area contributed by atoms with Gasteiger partial charge in [0.15, 0.2) is 0 Å². The maximum Gasteiger partial charge on any atom is 0.143 e. The Labute approximate surface area is 91.2 Å². The van der Waals surface area contributed by atoms with E-state index >= 15 is 0 Å². The van der Waals surface area contributed by atoms with E-state index in [0.29, 0.717) is 38.4 Å². The highest BCUT2D eigenvalue weighted by Gasteiger charge is 2.16. The molecular formula is C12H20O3. The molecule has 3 heteroatoms. The van der Waals surface area contributed by atoms with Crippen LogP contribution in [0.4, 0.5) is 0 Å². The second kappa shape index (κ2) is 8.33. The average Bonchev–Trinajstić information content (AvgIpc) is 2.24. The Hall–Kier alpha value is -0.990. The lowest BCUT2D eigenvalue weighted by Gasteiger charge is -2.07. The van der Waals surface area contributed by atoms with Crippen LogP contribution in [-0.4, -0.2) is 17.9 Å². The van der Waals surface area contributed by atoms with Gasteiger partial charge in [-0.15, -0.1) is 0 Å². The molecule has 0 aliphatic rings. The predicted octanol–water partition coefficient (Wildman–Crippen LogP) is 2.32. The lowest BCUT2D eigenvalue weighted by atomic mass is 9.95. The molecule has 1 atom stereocenters. The molecule has 86 valence electrons. The SMILES string of the molecule is CCCC(=O)C(C=O)CCCC(=O)CC. The van der Waals surface area contributed by atoms with Crippen LogP contribution in [-0.2, 0) is 14.4 Å². The van der Waals surface area contributed by atoms with Crippen LogP contribution in [0.25, 0.3) is 0 Å². The smallest absolute Gasteiger partial charge is 0.143 e. The summed E-state index contributed by atoms with van der Waals surface area (Å²) in [6, 6.07) is 0. The van der Waals surface area contributed by atoms with Crippen molar-refractivity contribution in [2.75, 3.05) is 0 Å². The van der Waals surface area contributed by atoms with Gasteiger partial charge in [-0.25, -0.2) is 0 Å². The number of carbonyl (C=O) groups is 3. The molecule has 0 aliphatic carbocycles. The van der Waals surface area contributed by atoms with Gasteiger partial charge < -0.3 is 4.79 Å². The molecule has 0 rings (SSSR count). The zero-order valence-corrected chi connectivity index (χ0v) is 9.62. The summed E-state index contributed by atoms with van der Waals surface area (Å²) in [5.41, 5.74) is 0. The predicted molar refractivity (Wildman–Crippen MR) is 58.6 cm³/mol. The van der Waals surface area contributed by atoms with Gasteiger partial charge in [0.1, 0.15) is 17.9 Å². The Morgan fingerprint density at radius 1 is 1.20 bits per heavy atom. The summed E-state index contributed by atoms with van der Waals surface area (Å²) in [4.78, 5) is 33.1. The molecule has 0 aliphatic heterocycles. The van der Waals surface area contributed by atoms with Gasteiger partial charge in [0.25, 0.3) is 0 Å². The third-order valence-corrected chi connectivity index (χ3v) is 2.44. The molecule has 0 aromatic rings. The number of rotatable bonds is 9. The molecule has 3 nitrogen and oxygen atoms in total. The number of hydrogen-bond acceptors (Lipinski definition) is 3. The number of aldehydes is 1. The highest BCUT2D eigenvalue weighted by molar-refractivity contribution is 5.93. The van der Waals surface area contributed by atoms with Crippen molar-refractivity contribution in [2.24, 2.45) is 5.92 Å². The summed E-state index contributed by atoms with van der Waals surface area (Å²) in [5.74, 6) is -0.284. The highest BCUT2D eigenvalue weighted by Crippen LogP contribution is 2.11. The first-order valence-electron chi connectivity index (χ1n) is 5.65. The van der Waals surface area contributed by atoms with Crippen molar-refractivity contribution in [3.63, 3.8) is 0 Å². The molecule has 1 unspecified atom stereocenters. The summed E-state index contributed by atoms with van der Waals surface area (Å²) < 4.78 is 0. The second-order valence-electron chi connectivity index (χ2n) is 3.74. The molecule has 0 N–H and O–H groups in total. The summed E-state index contributed by atoms with van der Waals surface area (Å²) in [5, 5.41) is 0. The Morgan fingerprint density at radius 3 is 2.33 bits per heavy atom. The maximum absolute atomic E-state index is 11.4. The van der Waals surface area contributed by atoms with Crippen molar-refractivity contribution in [3.8, 4) is 0 Å². The van der Waals surface area contributed by atoms with Crippen LogP contribution in [0.1, 0.15) is 52.4 Å². The molecule has 0 spiro atoms. The zero-order chi connectivity index (χ0) is 11.7. The zero-order valence-electron chi connectivity index (χ0n) is 9.62. The van der Waals surface area contributed by atoms with E-state index in [1.165, 1.54) is 0 Å². The van der Waals surface area contributed by atoms with Crippen molar-refractivity contribution in [2.45, 2.75) is 52.4 Å². The van der Waals surface area contributed by atoms with Gasteiger partial charge in [0, 0.05) is 19.3 Å². The van der Waals surface area contributed by atoms with Gasteiger partial charge in [-0.1, -0.05) is 13.8 Å². The molecule has 0 amide bonds. The minimum Gasteiger partial charge on any atom is -0.303 e. The number of hydrogen-bond donors (Lipinski definition) is 0. The van der Waals surface area contributed by atoms with E-state index in [2.05, 4.69) is 0 Å². The minimum atomic E-state index is -0.491. The van der Waals surface area contributed by atoms with Crippen LogP contribution in [0.2, 0.25) is 0 Å². The molecular weight excluding hydrogens is 192 g/mol. The summed E-state index contributed by atoms with van der Waals surface area (Å²) in [6.45, 7) is 3.74. The van der Waals surface area contributed by atoms with Gasteiger partial charge in [-0.3, -0.25) is 9.59 Å². The quantitative estimate of drug-likeness (QED) is 0.435. The topological polar surface area (TPSA) is 51.2 Å². The fourth-order valence-electron chi connectivity index (χ4n) is 1.43. The van der Waals surface area contributed by atoms with Crippen LogP contribution in [0.15, 0.2) is 0 Å². The second-order valence-corrected chi connectivity index (χ2v) is 3.74. The summed E-state index contributed by atoms with van der Waals surface area (Å²) in [7, 11) is 0. The molecule has 0 heterocycles. The van der Waals surface area contributed by atoms with Gasteiger partial charge in [-0.2, -0.15) is 0 Å². The van der Waals surface area contributed by atoms with E-state index in [0.717, 1.165) is 6.42 Å². The van der Waals surface area contributed by atoms with Crippen LogP contribution < -0.4 is 0 Å². The number of Topliss-reactive ketones (excluding diaryl/α,β-unsaturated/α-hetero) is 2. The normalized spacial score (nSPS) is 12.1. The fourth-order valence-corrected chi connectivity index (χ4v) is 1.43. The van der Waals surface area contributed by atoms with Crippen LogP contribution >= 0.6 is 0 Å². The number of carbonyl (C=O) groups excluding carboxylic acids is 3. The molecule has 0 saturated heterocycles. The standard InChI is InChI=1S/C12H20O3/c1-3-6-12(15)10(9-13)7-5-8-11(14)4-2/h9-10H,3-8H2,1-2H3. The first-order valence-corrected chi connectivity index (χ1v) is 5.65. The van der Waals surface area contributed by atoms with Gasteiger partial charge in [0.05, 0.1) is 5.92 Å². The van der Waals surface area contributed by atoms with Gasteiger partial charge in [-0.05, 0) is 19.3 Å². The van der Waals surface area contributed by atoms with E-state index in [1.54, 1.807) is 0 Å². The molecule has 0 aromatic carbocycles. The Bertz CT molecular complexity index is 221. The molecule has 0 fully saturated rings. The molecule has 0 radical (unpaired) electrons. The molecule has 15 heavy (non-hydrogen) atoms.